The van der Waals surface area contributed by atoms with Gasteiger partial charge in [0.15, 0.2) is 5.92 Å². The molecule has 4 nitrogen and oxygen atoms in total. The molecule has 1 atom stereocenters. The minimum absolute atomic E-state index is 0.0786. The summed E-state index contributed by atoms with van der Waals surface area (Å²) in [7, 11) is 0. The lowest BCUT2D eigenvalue weighted by molar-refractivity contribution is -0.148. The largest absolute Gasteiger partial charge is 0.461 e. The van der Waals surface area contributed by atoms with E-state index in [1.165, 1.54) is 6.08 Å². The van der Waals surface area contributed by atoms with E-state index in [1.54, 1.807) is 18.2 Å². The van der Waals surface area contributed by atoms with Gasteiger partial charge < -0.3 is 10.1 Å². The highest BCUT2D eigenvalue weighted by atomic mass is 16.5. The van der Waals surface area contributed by atoms with Crippen molar-refractivity contribution in [3.8, 4) is 0 Å². The minimum Gasteiger partial charge on any atom is -0.461 e. The highest BCUT2D eigenvalue weighted by molar-refractivity contribution is 6.05. The van der Waals surface area contributed by atoms with Gasteiger partial charge in [-0.15, -0.1) is 13.2 Å². The number of amides is 1. The lowest BCUT2D eigenvalue weighted by Crippen LogP contribution is -2.53. The van der Waals surface area contributed by atoms with Crippen LogP contribution in [-0.4, -0.2) is 18.5 Å². The van der Waals surface area contributed by atoms with E-state index in [4.69, 9.17) is 4.74 Å². The highest BCUT2D eigenvalue weighted by Gasteiger charge is 2.45. The number of carbonyl (C=O) groups excluding carboxylic acids is 2. The van der Waals surface area contributed by atoms with Crippen molar-refractivity contribution >= 4 is 11.9 Å². The number of benzene rings is 1. The summed E-state index contributed by atoms with van der Waals surface area (Å²) in [4.78, 5) is 24.9. The molecule has 1 aromatic carbocycles. The van der Waals surface area contributed by atoms with Crippen molar-refractivity contribution in [3.05, 3.63) is 73.4 Å². The fraction of sp³-hybridized carbons (Fsp3) is 0.263. The molecule has 23 heavy (non-hydrogen) atoms. The lowest BCUT2D eigenvalue weighted by atomic mass is 9.74. The second kappa shape index (κ2) is 7.09. The third kappa shape index (κ3) is 3.11. The normalized spacial score (nSPS) is 18.3. The van der Waals surface area contributed by atoms with Crippen LogP contribution in [-0.2, 0) is 19.9 Å². The zero-order valence-electron chi connectivity index (χ0n) is 13.1. The van der Waals surface area contributed by atoms with Crippen LogP contribution in [0.3, 0.4) is 0 Å². The van der Waals surface area contributed by atoms with E-state index in [9.17, 15) is 9.59 Å². The molecule has 1 aromatic rings. The van der Waals surface area contributed by atoms with Crippen LogP contribution in [0, 0.1) is 0 Å². The molecule has 0 bridgehead atoms. The third-order valence-electron chi connectivity index (χ3n) is 3.98. The Morgan fingerprint density at radius 2 is 1.83 bits per heavy atom. The molecule has 0 fully saturated rings. The molecular weight excluding hydrogens is 290 g/mol. The Bertz CT molecular complexity index is 638. The summed E-state index contributed by atoms with van der Waals surface area (Å²) >= 11 is 0. The van der Waals surface area contributed by atoms with Crippen molar-refractivity contribution < 1.29 is 14.3 Å². The van der Waals surface area contributed by atoms with E-state index in [-0.39, 0.29) is 12.5 Å². The second-order valence-corrected chi connectivity index (χ2v) is 5.50. The number of esters is 1. The number of nitrogens with one attached hydrogen (secondary N) is 1. The van der Waals surface area contributed by atoms with Crippen molar-refractivity contribution in [2.45, 2.75) is 24.3 Å². The first-order valence-corrected chi connectivity index (χ1v) is 7.50. The average molecular weight is 311 g/mol. The molecule has 0 radical (unpaired) electrons. The molecule has 120 valence electrons. The van der Waals surface area contributed by atoms with Crippen LogP contribution >= 0.6 is 0 Å². The standard InChI is InChI=1S/C19H21NO3/c1-4-11-19(12-5-2)15-10-8-7-9-14(15)16(17(21)20-19)18(22)23-13-6-3/h4-10,16H,1-3,11-13H2,(H,20,21). The van der Waals surface area contributed by atoms with Crippen molar-refractivity contribution in [1.29, 1.82) is 0 Å². The second-order valence-electron chi connectivity index (χ2n) is 5.50. The van der Waals surface area contributed by atoms with Gasteiger partial charge in [0.2, 0.25) is 5.91 Å². The smallest absolute Gasteiger partial charge is 0.323 e. The Morgan fingerprint density at radius 1 is 1.17 bits per heavy atom. The first kappa shape index (κ1) is 16.7. The monoisotopic (exact) mass is 311 g/mol. The summed E-state index contributed by atoms with van der Waals surface area (Å²) in [6.45, 7) is 11.2. The van der Waals surface area contributed by atoms with E-state index in [0.29, 0.717) is 18.4 Å². The highest BCUT2D eigenvalue weighted by Crippen LogP contribution is 2.40. The third-order valence-corrected chi connectivity index (χ3v) is 3.98. The fourth-order valence-corrected chi connectivity index (χ4v) is 3.06. The fourth-order valence-electron chi connectivity index (χ4n) is 3.06. The zero-order valence-corrected chi connectivity index (χ0v) is 13.1. The molecule has 0 aliphatic carbocycles. The number of rotatable bonds is 7. The molecule has 1 aliphatic heterocycles. The van der Waals surface area contributed by atoms with Crippen LogP contribution in [0.2, 0.25) is 0 Å². The summed E-state index contributed by atoms with van der Waals surface area (Å²) < 4.78 is 5.09. The van der Waals surface area contributed by atoms with Gasteiger partial charge in [-0.3, -0.25) is 9.59 Å². The maximum absolute atomic E-state index is 12.6. The molecule has 1 heterocycles. The molecule has 1 unspecified atom stereocenters. The topological polar surface area (TPSA) is 55.4 Å². The van der Waals surface area contributed by atoms with Crippen LogP contribution in [0.15, 0.2) is 62.2 Å². The van der Waals surface area contributed by atoms with Crippen LogP contribution in [0.5, 0.6) is 0 Å². The molecule has 0 aromatic heterocycles. The van der Waals surface area contributed by atoms with E-state index in [0.717, 1.165) is 5.56 Å². The Hall–Kier alpha value is -2.62. The number of hydrogen-bond acceptors (Lipinski definition) is 3. The van der Waals surface area contributed by atoms with Crippen molar-refractivity contribution in [2.24, 2.45) is 0 Å². The van der Waals surface area contributed by atoms with E-state index < -0.39 is 17.4 Å². The summed E-state index contributed by atoms with van der Waals surface area (Å²) in [6.07, 6.45) is 6.10. The maximum atomic E-state index is 12.6. The summed E-state index contributed by atoms with van der Waals surface area (Å²) in [6, 6.07) is 7.44. The molecule has 4 heteroatoms. The van der Waals surface area contributed by atoms with Crippen molar-refractivity contribution in [3.63, 3.8) is 0 Å². The predicted molar refractivity (Wildman–Crippen MR) is 89.8 cm³/mol. The molecule has 1 N–H and O–H groups in total. The van der Waals surface area contributed by atoms with Gasteiger partial charge in [-0.2, -0.15) is 0 Å². The van der Waals surface area contributed by atoms with Crippen molar-refractivity contribution in [1.82, 2.24) is 5.32 Å². The first-order valence-electron chi connectivity index (χ1n) is 7.50. The number of ether oxygens (including phenoxy) is 1. The van der Waals surface area contributed by atoms with Gasteiger partial charge >= 0.3 is 5.97 Å². The Balaban J connectivity index is 2.52. The summed E-state index contributed by atoms with van der Waals surface area (Å²) in [5, 5.41) is 2.99. The van der Waals surface area contributed by atoms with Gasteiger partial charge in [-0.05, 0) is 24.0 Å². The average Bonchev–Trinajstić information content (AvgIpc) is 2.53. The van der Waals surface area contributed by atoms with Gasteiger partial charge in [0, 0.05) is 0 Å². The molecule has 0 saturated heterocycles. The van der Waals surface area contributed by atoms with Crippen LogP contribution < -0.4 is 5.32 Å². The van der Waals surface area contributed by atoms with Gasteiger partial charge in [0.05, 0.1) is 5.54 Å². The SMILES string of the molecule is C=CCOC(=O)C1C(=O)NC(CC=C)(CC=C)c2ccccc21. The van der Waals surface area contributed by atoms with Gasteiger partial charge in [0.25, 0.3) is 0 Å². The molecular formula is C19H21NO3. The Labute approximate surface area is 136 Å². The van der Waals surface area contributed by atoms with Crippen molar-refractivity contribution in [2.75, 3.05) is 6.61 Å². The molecule has 1 amide bonds. The molecule has 0 spiro atoms. The van der Waals surface area contributed by atoms with E-state index >= 15 is 0 Å². The van der Waals surface area contributed by atoms with E-state index in [2.05, 4.69) is 25.1 Å². The van der Waals surface area contributed by atoms with Gasteiger partial charge in [-0.1, -0.05) is 49.1 Å². The van der Waals surface area contributed by atoms with Crippen LogP contribution in [0.4, 0.5) is 0 Å². The number of hydrogen-bond donors (Lipinski definition) is 1. The zero-order chi connectivity index (χ0) is 16.9. The summed E-state index contributed by atoms with van der Waals surface area (Å²) in [5.74, 6) is -1.89. The van der Waals surface area contributed by atoms with Gasteiger partial charge in [0.1, 0.15) is 6.61 Å². The molecule has 2 rings (SSSR count). The number of carbonyl (C=O) groups is 2. The minimum atomic E-state index is -0.964. The summed E-state index contributed by atoms with van der Waals surface area (Å²) in [5.41, 5.74) is 0.959. The molecule has 0 saturated carbocycles. The Kier molecular flexibility index (Phi) is 5.16. The first-order chi connectivity index (χ1) is 11.1. The maximum Gasteiger partial charge on any atom is 0.323 e. The number of fused-ring (bicyclic) bond motifs is 1. The van der Waals surface area contributed by atoms with Crippen LogP contribution in [0.25, 0.3) is 0 Å². The van der Waals surface area contributed by atoms with Gasteiger partial charge in [-0.25, -0.2) is 0 Å². The predicted octanol–water partition coefficient (Wildman–Crippen LogP) is 2.98. The van der Waals surface area contributed by atoms with Crippen LogP contribution in [0.1, 0.15) is 29.9 Å². The Morgan fingerprint density at radius 3 is 2.43 bits per heavy atom. The molecule has 1 aliphatic rings. The van der Waals surface area contributed by atoms with E-state index in [1.807, 2.05) is 18.2 Å². The lowest BCUT2D eigenvalue weighted by Gasteiger charge is -2.41. The quantitative estimate of drug-likeness (QED) is 0.478.